The summed E-state index contributed by atoms with van der Waals surface area (Å²) in [7, 11) is 0. The van der Waals surface area contributed by atoms with Gasteiger partial charge >= 0.3 is 0 Å². The molecule has 0 fully saturated rings. The lowest BCUT2D eigenvalue weighted by atomic mass is 10.1. The van der Waals surface area contributed by atoms with E-state index in [4.69, 9.17) is 4.74 Å². The van der Waals surface area contributed by atoms with Gasteiger partial charge < -0.3 is 15.4 Å². The Morgan fingerprint density at radius 3 is 2.23 bits per heavy atom. The Hall–Kier alpha value is -2.16. The Morgan fingerprint density at radius 1 is 0.769 bits per heavy atom. The second-order valence-corrected chi connectivity index (χ2v) is 6.94. The summed E-state index contributed by atoms with van der Waals surface area (Å²) in [5, 5.41) is 6.92. The van der Waals surface area contributed by atoms with Crippen LogP contribution in [-0.4, -0.2) is 19.7 Å². The van der Waals surface area contributed by atoms with Crippen LogP contribution < -0.4 is 15.4 Å². The number of benzene rings is 2. The van der Waals surface area contributed by atoms with Gasteiger partial charge in [-0.05, 0) is 55.7 Å². The van der Waals surface area contributed by atoms with Crippen molar-refractivity contribution in [3.8, 4) is 5.75 Å². The maximum Gasteiger partial charge on any atom is 0.121 e. The molecule has 0 saturated carbocycles. The number of ether oxygens (including phenoxy) is 1. The fourth-order valence-corrected chi connectivity index (χ4v) is 2.86. The van der Waals surface area contributed by atoms with Crippen molar-refractivity contribution in [2.45, 2.75) is 52.9 Å². The van der Waals surface area contributed by atoms with E-state index in [1.807, 2.05) is 12.1 Å². The van der Waals surface area contributed by atoms with E-state index in [9.17, 15) is 0 Å². The van der Waals surface area contributed by atoms with E-state index >= 15 is 0 Å². The SMILES string of the molecule is CCCCCCCOc1cccc(NCCNc2ccc(C)c(C)c2)c1. The number of hydrogen-bond donors (Lipinski definition) is 2. The van der Waals surface area contributed by atoms with E-state index in [2.05, 4.69) is 61.7 Å². The third-order valence-corrected chi connectivity index (χ3v) is 4.64. The molecule has 0 atom stereocenters. The first-order valence-electron chi connectivity index (χ1n) is 9.97. The summed E-state index contributed by atoms with van der Waals surface area (Å²) in [6.07, 6.45) is 6.32. The molecule has 2 aromatic carbocycles. The third-order valence-electron chi connectivity index (χ3n) is 4.64. The molecular formula is C23H34N2O. The molecule has 2 rings (SSSR count). The minimum atomic E-state index is 0.807. The Kier molecular flexibility index (Phi) is 8.88. The number of unbranched alkanes of at least 4 members (excludes halogenated alkanes) is 4. The number of nitrogens with one attached hydrogen (secondary N) is 2. The number of hydrogen-bond acceptors (Lipinski definition) is 3. The van der Waals surface area contributed by atoms with Crippen LogP contribution >= 0.6 is 0 Å². The molecular weight excluding hydrogens is 320 g/mol. The molecule has 0 aliphatic carbocycles. The van der Waals surface area contributed by atoms with E-state index in [0.29, 0.717) is 0 Å². The Bertz CT molecular complexity index is 654. The van der Waals surface area contributed by atoms with Gasteiger partial charge in [-0.2, -0.15) is 0 Å². The molecule has 0 aliphatic heterocycles. The molecule has 0 heterocycles. The molecule has 3 nitrogen and oxygen atoms in total. The zero-order chi connectivity index (χ0) is 18.6. The molecule has 0 unspecified atom stereocenters. The van der Waals surface area contributed by atoms with E-state index in [-0.39, 0.29) is 0 Å². The first-order chi connectivity index (χ1) is 12.7. The van der Waals surface area contributed by atoms with Gasteiger partial charge in [0.05, 0.1) is 6.61 Å². The van der Waals surface area contributed by atoms with E-state index in [0.717, 1.165) is 37.6 Å². The molecule has 0 radical (unpaired) electrons. The molecule has 26 heavy (non-hydrogen) atoms. The summed E-state index contributed by atoms with van der Waals surface area (Å²) >= 11 is 0. The average Bonchev–Trinajstić information content (AvgIpc) is 2.65. The predicted molar refractivity (Wildman–Crippen MR) is 114 cm³/mol. The van der Waals surface area contributed by atoms with Crippen LogP contribution in [0, 0.1) is 13.8 Å². The summed E-state index contributed by atoms with van der Waals surface area (Å²) in [6, 6.07) is 14.7. The van der Waals surface area contributed by atoms with Crippen molar-refractivity contribution in [3.05, 3.63) is 53.6 Å². The lowest BCUT2D eigenvalue weighted by Gasteiger charge is -2.12. The molecule has 2 N–H and O–H groups in total. The van der Waals surface area contributed by atoms with Gasteiger partial charge in [0.25, 0.3) is 0 Å². The second-order valence-electron chi connectivity index (χ2n) is 6.94. The van der Waals surface area contributed by atoms with Crippen LogP contribution in [0.15, 0.2) is 42.5 Å². The lowest BCUT2D eigenvalue weighted by molar-refractivity contribution is 0.304. The molecule has 0 aromatic heterocycles. The zero-order valence-corrected chi connectivity index (χ0v) is 16.6. The van der Waals surface area contributed by atoms with Crippen LogP contribution in [-0.2, 0) is 0 Å². The predicted octanol–water partition coefficient (Wildman–Crippen LogP) is 6.18. The minimum Gasteiger partial charge on any atom is -0.494 e. The zero-order valence-electron chi connectivity index (χ0n) is 16.6. The Balaban J connectivity index is 1.66. The molecule has 0 spiro atoms. The summed E-state index contributed by atoms with van der Waals surface area (Å²) in [6.45, 7) is 9.08. The average molecular weight is 355 g/mol. The smallest absolute Gasteiger partial charge is 0.121 e. The highest BCUT2D eigenvalue weighted by Crippen LogP contribution is 2.18. The molecule has 0 amide bonds. The van der Waals surface area contributed by atoms with E-state index in [1.54, 1.807) is 0 Å². The second kappa shape index (κ2) is 11.5. The van der Waals surface area contributed by atoms with Crippen LogP contribution in [0.3, 0.4) is 0 Å². The molecule has 0 saturated heterocycles. The molecule has 0 aliphatic rings. The number of anilines is 2. The monoisotopic (exact) mass is 354 g/mol. The summed E-state index contributed by atoms with van der Waals surface area (Å²) in [4.78, 5) is 0. The van der Waals surface area contributed by atoms with Gasteiger partial charge in [-0.3, -0.25) is 0 Å². The molecule has 142 valence electrons. The van der Waals surface area contributed by atoms with Crippen LogP contribution in [0.2, 0.25) is 0 Å². The topological polar surface area (TPSA) is 33.3 Å². The number of aryl methyl sites for hydroxylation is 2. The van der Waals surface area contributed by atoms with Crippen molar-refractivity contribution >= 4 is 11.4 Å². The van der Waals surface area contributed by atoms with Crippen molar-refractivity contribution in [1.82, 2.24) is 0 Å². The third kappa shape index (κ3) is 7.38. The van der Waals surface area contributed by atoms with Crippen molar-refractivity contribution in [1.29, 1.82) is 0 Å². The van der Waals surface area contributed by atoms with Crippen molar-refractivity contribution in [2.75, 3.05) is 30.3 Å². The lowest BCUT2D eigenvalue weighted by Crippen LogP contribution is -2.13. The minimum absolute atomic E-state index is 0.807. The van der Waals surface area contributed by atoms with Gasteiger partial charge in [0.15, 0.2) is 0 Å². The molecule has 3 heteroatoms. The van der Waals surface area contributed by atoms with Crippen molar-refractivity contribution in [3.63, 3.8) is 0 Å². The maximum absolute atomic E-state index is 5.87. The molecule has 0 bridgehead atoms. The fraction of sp³-hybridized carbons (Fsp3) is 0.478. The standard InChI is InChI=1S/C23H34N2O/c1-4-5-6-7-8-16-26-23-11-9-10-21(18-23)24-14-15-25-22-13-12-19(2)20(3)17-22/h9-13,17-18,24-25H,4-8,14-16H2,1-3H3. The van der Waals surface area contributed by atoms with Gasteiger partial charge in [-0.15, -0.1) is 0 Å². The van der Waals surface area contributed by atoms with Crippen molar-refractivity contribution < 1.29 is 4.74 Å². The van der Waals surface area contributed by atoms with Gasteiger partial charge in [-0.1, -0.05) is 44.7 Å². The summed E-state index contributed by atoms with van der Waals surface area (Å²) < 4.78 is 5.87. The van der Waals surface area contributed by atoms with Crippen LogP contribution in [0.1, 0.15) is 50.2 Å². The normalized spacial score (nSPS) is 10.6. The van der Waals surface area contributed by atoms with E-state index < -0.39 is 0 Å². The summed E-state index contributed by atoms with van der Waals surface area (Å²) in [5.74, 6) is 0.951. The highest BCUT2D eigenvalue weighted by Gasteiger charge is 1.99. The molecule has 2 aromatic rings. The number of rotatable bonds is 12. The quantitative estimate of drug-likeness (QED) is 0.447. The van der Waals surface area contributed by atoms with Crippen molar-refractivity contribution in [2.24, 2.45) is 0 Å². The van der Waals surface area contributed by atoms with E-state index in [1.165, 1.54) is 42.5 Å². The largest absolute Gasteiger partial charge is 0.494 e. The van der Waals surface area contributed by atoms with Gasteiger partial charge in [0, 0.05) is 30.5 Å². The fourth-order valence-electron chi connectivity index (χ4n) is 2.86. The Morgan fingerprint density at radius 2 is 1.50 bits per heavy atom. The first kappa shape index (κ1) is 20.2. The highest BCUT2D eigenvalue weighted by atomic mass is 16.5. The van der Waals surface area contributed by atoms with Crippen LogP contribution in [0.5, 0.6) is 5.75 Å². The highest BCUT2D eigenvalue weighted by molar-refractivity contribution is 5.50. The maximum atomic E-state index is 5.87. The summed E-state index contributed by atoms with van der Waals surface area (Å²) in [5.41, 5.74) is 4.93. The van der Waals surface area contributed by atoms with Gasteiger partial charge in [-0.25, -0.2) is 0 Å². The van der Waals surface area contributed by atoms with Gasteiger partial charge in [0.2, 0.25) is 0 Å². The van der Waals surface area contributed by atoms with Crippen LogP contribution in [0.4, 0.5) is 11.4 Å². The first-order valence-corrected chi connectivity index (χ1v) is 9.97. The van der Waals surface area contributed by atoms with Gasteiger partial charge in [0.1, 0.15) is 5.75 Å². The Labute approximate surface area is 159 Å². The van der Waals surface area contributed by atoms with Crippen LogP contribution in [0.25, 0.3) is 0 Å².